The number of imide groups is 1. The van der Waals surface area contributed by atoms with Crippen molar-refractivity contribution in [3.05, 3.63) is 34.4 Å². The summed E-state index contributed by atoms with van der Waals surface area (Å²) in [6, 6.07) is 4.98. The molecule has 124 valence electrons. The molecule has 0 bridgehead atoms. The Labute approximate surface area is 135 Å². The summed E-state index contributed by atoms with van der Waals surface area (Å²) in [7, 11) is 1.15. The third kappa shape index (κ3) is 1.96. The molecule has 2 aliphatic rings. The first-order valence-electron chi connectivity index (χ1n) is 6.87. The van der Waals surface area contributed by atoms with Gasteiger partial charge in [-0.25, -0.2) is 9.69 Å². The molecule has 0 spiro atoms. The molecule has 3 rings (SSSR count). The zero-order chi connectivity index (χ0) is 17.6. The number of non-ortho nitro benzene ring substituents is 1. The van der Waals surface area contributed by atoms with E-state index >= 15 is 0 Å². The molecule has 1 aromatic carbocycles. The van der Waals surface area contributed by atoms with E-state index in [0.29, 0.717) is 0 Å². The molecule has 2 aliphatic heterocycles. The van der Waals surface area contributed by atoms with Crippen LogP contribution in [-0.4, -0.2) is 41.1 Å². The molecular formula is C14H12N4O6. The number of fused-ring (bicyclic) bond motifs is 1. The van der Waals surface area contributed by atoms with Gasteiger partial charge in [0.25, 0.3) is 11.6 Å². The number of nitrogens with zero attached hydrogens (tertiary/aromatic N) is 3. The number of nitro groups is 1. The first-order valence-corrected chi connectivity index (χ1v) is 6.87. The molecule has 0 aliphatic carbocycles. The number of benzene rings is 1. The van der Waals surface area contributed by atoms with Crippen molar-refractivity contribution in [3.8, 4) is 0 Å². The van der Waals surface area contributed by atoms with E-state index in [1.165, 1.54) is 31.2 Å². The van der Waals surface area contributed by atoms with Gasteiger partial charge in [0, 0.05) is 12.1 Å². The van der Waals surface area contributed by atoms with Crippen molar-refractivity contribution in [1.29, 1.82) is 0 Å². The van der Waals surface area contributed by atoms with Crippen molar-refractivity contribution in [2.45, 2.75) is 12.5 Å². The highest BCUT2D eigenvalue weighted by atomic mass is 16.6. The highest BCUT2D eigenvalue weighted by Crippen LogP contribution is 2.38. The molecule has 10 nitrogen and oxygen atoms in total. The molecule has 1 N–H and O–H groups in total. The van der Waals surface area contributed by atoms with E-state index in [2.05, 4.69) is 15.3 Å². The predicted octanol–water partition coefficient (Wildman–Crippen LogP) is -0.0249. The average Bonchev–Trinajstić information content (AvgIpc) is 3.01. The molecule has 0 aromatic heterocycles. The number of hydrazone groups is 1. The lowest BCUT2D eigenvalue weighted by Gasteiger charge is -2.20. The standard InChI is InChI=1S/C14H12N4O6/c1-14-9(10(15-16-14)12(20)24-2)11(19)17(13(14)21)7-3-5-8(6-4-7)18(22)23/h3-6,9,16H,1-2H3/t9-,14-/m0/s1. The summed E-state index contributed by atoms with van der Waals surface area (Å²) in [6.45, 7) is 1.46. The Morgan fingerprint density at radius 1 is 1.38 bits per heavy atom. The van der Waals surface area contributed by atoms with E-state index in [9.17, 15) is 24.5 Å². The second kappa shape index (κ2) is 5.11. The van der Waals surface area contributed by atoms with Crippen LogP contribution < -0.4 is 10.3 Å². The summed E-state index contributed by atoms with van der Waals surface area (Å²) >= 11 is 0. The van der Waals surface area contributed by atoms with Gasteiger partial charge in [-0.3, -0.25) is 25.1 Å². The fraction of sp³-hybridized carbons (Fsp3) is 0.286. The lowest BCUT2D eigenvalue weighted by Crippen LogP contribution is -2.48. The van der Waals surface area contributed by atoms with Crippen LogP contribution in [0.5, 0.6) is 0 Å². The van der Waals surface area contributed by atoms with Gasteiger partial charge in [-0.2, -0.15) is 5.10 Å². The normalized spacial score (nSPS) is 25.2. The van der Waals surface area contributed by atoms with Gasteiger partial charge in [0.1, 0.15) is 11.5 Å². The lowest BCUT2D eigenvalue weighted by atomic mass is 9.86. The average molecular weight is 332 g/mol. The monoisotopic (exact) mass is 332 g/mol. The SMILES string of the molecule is COC(=O)C1=NN[C@]2(C)C(=O)N(c3ccc([N+](=O)[O-])cc3)C(=O)[C@H]12. The minimum Gasteiger partial charge on any atom is -0.464 e. The van der Waals surface area contributed by atoms with Gasteiger partial charge in [-0.05, 0) is 19.1 Å². The number of methoxy groups -OCH3 is 1. The largest absolute Gasteiger partial charge is 0.464 e. The van der Waals surface area contributed by atoms with Crippen LogP contribution in [0.1, 0.15) is 6.92 Å². The molecule has 2 heterocycles. The number of rotatable bonds is 3. The highest BCUT2D eigenvalue weighted by molar-refractivity contribution is 6.47. The van der Waals surface area contributed by atoms with Crippen molar-refractivity contribution >= 4 is 34.9 Å². The lowest BCUT2D eigenvalue weighted by molar-refractivity contribution is -0.384. The molecule has 0 saturated carbocycles. The third-order valence-corrected chi connectivity index (χ3v) is 4.09. The summed E-state index contributed by atoms with van der Waals surface area (Å²) in [5.41, 5.74) is 0.969. The molecule has 0 radical (unpaired) electrons. The Morgan fingerprint density at radius 2 is 2.00 bits per heavy atom. The van der Waals surface area contributed by atoms with E-state index in [1.54, 1.807) is 0 Å². The van der Waals surface area contributed by atoms with Gasteiger partial charge in [-0.15, -0.1) is 0 Å². The number of carbonyl (C=O) groups excluding carboxylic acids is 3. The van der Waals surface area contributed by atoms with Crippen LogP contribution in [0.2, 0.25) is 0 Å². The Balaban J connectivity index is 1.99. The zero-order valence-corrected chi connectivity index (χ0v) is 12.7. The fourth-order valence-corrected chi connectivity index (χ4v) is 2.81. The molecule has 10 heteroatoms. The van der Waals surface area contributed by atoms with Crippen LogP contribution in [0.15, 0.2) is 29.4 Å². The van der Waals surface area contributed by atoms with Crippen LogP contribution in [0.4, 0.5) is 11.4 Å². The third-order valence-electron chi connectivity index (χ3n) is 4.09. The number of esters is 1. The highest BCUT2D eigenvalue weighted by Gasteiger charge is 2.63. The Kier molecular flexibility index (Phi) is 3.32. The van der Waals surface area contributed by atoms with Crippen molar-refractivity contribution < 1.29 is 24.0 Å². The summed E-state index contributed by atoms with van der Waals surface area (Å²) in [5, 5.41) is 14.5. The van der Waals surface area contributed by atoms with E-state index in [0.717, 1.165) is 12.0 Å². The maximum Gasteiger partial charge on any atom is 0.355 e. The quantitative estimate of drug-likeness (QED) is 0.356. The molecule has 1 aromatic rings. The van der Waals surface area contributed by atoms with Gasteiger partial charge in [0.05, 0.1) is 17.7 Å². The molecule has 1 fully saturated rings. The Bertz CT molecular complexity index is 802. The fourth-order valence-electron chi connectivity index (χ4n) is 2.81. The minimum atomic E-state index is -1.40. The van der Waals surface area contributed by atoms with Crippen molar-refractivity contribution in [1.82, 2.24) is 5.43 Å². The van der Waals surface area contributed by atoms with Crippen molar-refractivity contribution in [3.63, 3.8) is 0 Å². The van der Waals surface area contributed by atoms with Crippen molar-refractivity contribution in [2.75, 3.05) is 12.0 Å². The van der Waals surface area contributed by atoms with Gasteiger partial charge in [-0.1, -0.05) is 0 Å². The summed E-state index contributed by atoms with van der Waals surface area (Å²) in [6.07, 6.45) is 0. The van der Waals surface area contributed by atoms with E-state index in [1.807, 2.05) is 0 Å². The van der Waals surface area contributed by atoms with E-state index < -0.39 is 34.2 Å². The van der Waals surface area contributed by atoms with Crippen LogP contribution in [0.25, 0.3) is 0 Å². The number of anilines is 1. The van der Waals surface area contributed by atoms with Crippen LogP contribution >= 0.6 is 0 Å². The smallest absolute Gasteiger partial charge is 0.355 e. The van der Waals surface area contributed by atoms with Gasteiger partial charge < -0.3 is 4.74 Å². The molecular weight excluding hydrogens is 320 g/mol. The number of amides is 2. The number of carbonyl (C=O) groups is 3. The Morgan fingerprint density at radius 3 is 2.54 bits per heavy atom. The molecule has 0 unspecified atom stereocenters. The van der Waals surface area contributed by atoms with Crippen molar-refractivity contribution in [2.24, 2.45) is 11.0 Å². The number of ether oxygens (including phenoxy) is 1. The van der Waals surface area contributed by atoms with Crippen LogP contribution in [-0.2, 0) is 19.1 Å². The Hall–Kier alpha value is -3.30. The number of nitrogens with one attached hydrogen (secondary N) is 1. The van der Waals surface area contributed by atoms with E-state index in [4.69, 9.17) is 0 Å². The molecule has 24 heavy (non-hydrogen) atoms. The minimum absolute atomic E-state index is 0.167. The number of hydrogen-bond acceptors (Lipinski definition) is 8. The number of nitro benzene ring substituents is 1. The molecule has 2 amide bonds. The summed E-state index contributed by atoms with van der Waals surface area (Å²) < 4.78 is 4.59. The van der Waals surface area contributed by atoms with Gasteiger partial charge in [0.15, 0.2) is 5.71 Å². The zero-order valence-electron chi connectivity index (χ0n) is 12.7. The van der Waals surface area contributed by atoms with Gasteiger partial charge in [0.2, 0.25) is 5.91 Å². The number of hydrogen-bond donors (Lipinski definition) is 1. The summed E-state index contributed by atoms with van der Waals surface area (Å²) in [5.74, 6) is -3.17. The van der Waals surface area contributed by atoms with Crippen LogP contribution in [0.3, 0.4) is 0 Å². The first-order chi connectivity index (χ1) is 11.3. The second-order valence-electron chi connectivity index (χ2n) is 5.49. The topological polar surface area (TPSA) is 131 Å². The maximum atomic E-state index is 12.7. The molecule has 2 atom stereocenters. The predicted molar refractivity (Wildman–Crippen MR) is 80.1 cm³/mol. The summed E-state index contributed by atoms with van der Waals surface area (Å²) in [4.78, 5) is 48.1. The van der Waals surface area contributed by atoms with Crippen LogP contribution in [0, 0.1) is 16.0 Å². The molecule has 1 saturated heterocycles. The van der Waals surface area contributed by atoms with Gasteiger partial charge >= 0.3 is 5.97 Å². The van der Waals surface area contributed by atoms with E-state index in [-0.39, 0.29) is 17.1 Å². The second-order valence-corrected chi connectivity index (χ2v) is 5.49. The maximum absolute atomic E-state index is 12.7. The first kappa shape index (κ1) is 15.6.